The second-order valence-corrected chi connectivity index (χ2v) is 1.60. The Balaban J connectivity index is 4.04. The molecule has 0 aromatic heterocycles. The largest absolute Gasteiger partial charge is 0.384 e. The van der Waals surface area contributed by atoms with Gasteiger partial charge in [-0.25, -0.2) is 0 Å². The molecule has 0 aromatic rings. The smallest absolute Gasteiger partial charge is 0.334 e. The zero-order chi connectivity index (χ0) is 7.65. The van der Waals surface area contributed by atoms with Crippen molar-refractivity contribution in [2.45, 2.75) is 19.0 Å². The maximum Gasteiger partial charge on any atom is 0.384 e. The summed E-state index contributed by atoms with van der Waals surface area (Å²) in [5.74, 6) is 0. The van der Waals surface area contributed by atoms with Crippen LogP contribution in [0.25, 0.3) is 0 Å². The first-order valence-corrected chi connectivity index (χ1v) is 2.13. The van der Waals surface area contributed by atoms with Gasteiger partial charge in [0.25, 0.3) is 6.04 Å². The normalized spacial score (nSPS) is 15.1. The van der Waals surface area contributed by atoms with Gasteiger partial charge in [-0.3, -0.25) is 10.1 Å². The predicted octanol–water partition coefficient (Wildman–Crippen LogP) is -0.740. The Hall–Kier alpha value is -0.750. The Morgan fingerprint density at radius 2 is 2.11 bits per heavy atom. The SMILES string of the molecule is CC([N+](=O)[O-])C(O)(O)F. The summed E-state index contributed by atoms with van der Waals surface area (Å²) in [6.45, 7) is 0.750. The summed E-state index contributed by atoms with van der Waals surface area (Å²) in [5.41, 5.74) is 0. The number of alkyl halides is 1. The molecule has 0 aromatic carbocycles. The highest BCUT2D eigenvalue weighted by molar-refractivity contribution is 4.56. The summed E-state index contributed by atoms with van der Waals surface area (Å²) >= 11 is 0. The number of hydrogen-bond acceptors (Lipinski definition) is 4. The lowest BCUT2D eigenvalue weighted by atomic mass is 10.3. The molecule has 1 unspecified atom stereocenters. The van der Waals surface area contributed by atoms with Crippen molar-refractivity contribution in [3.8, 4) is 0 Å². The van der Waals surface area contributed by atoms with Gasteiger partial charge in [-0.15, -0.1) is 0 Å². The second-order valence-electron chi connectivity index (χ2n) is 1.60. The van der Waals surface area contributed by atoms with Gasteiger partial charge >= 0.3 is 6.04 Å². The minimum atomic E-state index is -3.72. The molecule has 0 spiro atoms. The molecular weight excluding hydrogens is 133 g/mol. The summed E-state index contributed by atoms with van der Waals surface area (Å²) in [4.78, 5) is 8.47. The van der Waals surface area contributed by atoms with Crippen LogP contribution in [0, 0.1) is 10.1 Å². The van der Waals surface area contributed by atoms with E-state index in [0.29, 0.717) is 0 Å². The van der Waals surface area contributed by atoms with Gasteiger partial charge in [0.05, 0.1) is 0 Å². The summed E-state index contributed by atoms with van der Waals surface area (Å²) in [6.07, 6.45) is 0. The molecule has 0 aliphatic carbocycles. The Morgan fingerprint density at radius 1 is 1.78 bits per heavy atom. The van der Waals surface area contributed by atoms with Crippen LogP contribution in [0.4, 0.5) is 4.39 Å². The minimum Gasteiger partial charge on any atom is -0.334 e. The first-order valence-electron chi connectivity index (χ1n) is 2.13. The summed E-state index contributed by atoms with van der Waals surface area (Å²) < 4.78 is 11.7. The van der Waals surface area contributed by atoms with Crippen molar-refractivity contribution in [1.29, 1.82) is 0 Å². The lowest BCUT2D eigenvalue weighted by molar-refractivity contribution is -0.574. The van der Waals surface area contributed by atoms with Crippen LogP contribution < -0.4 is 0 Å². The Labute approximate surface area is 49.9 Å². The van der Waals surface area contributed by atoms with E-state index < -0.39 is 17.0 Å². The van der Waals surface area contributed by atoms with Crippen molar-refractivity contribution < 1.29 is 19.5 Å². The molecule has 0 rings (SSSR count). The summed E-state index contributed by atoms with van der Waals surface area (Å²) in [7, 11) is 0. The number of halogens is 1. The molecule has 0 amide bonds. The number of hydrogen-bond donors (Lipinski definition) is 2. The summed E-state index contributed by atoms with van der Waals surface area (Å²) in [6, 6.07) is -5.73. The van der Waals surface area contributed by atoms with E-state index in [1.165, 1.54) is 0 Å². The van der Waals surface area contributed by atoms with Crippen molar-refractivity contribution in [2.75, 3.05) is 0 Å². The number of nitrogens with zero attached hydrogens (tertiary/aromatic N) is 1. The van der Waals surface area contributed by atoms with Gasteiger partial charge < -0.3 is 10.2 Å². The quantitative estimate of drug-likeness (QED) is 0.300. The monoisotopic (exact) mass is 139 g/mol. The van der Waals surface area contributed by atoms with Gasteiger partial charge in [-0.2, -0.15) is 4.39 Å². The van der Waals surface area contributed by atoms with E-state index in [1.54, 1.807) is 0 Å². The average Bonchev–Trinajstić information content (AvgIpc) is 1.62. The fourth-order valence-corrected chi connectivity index (χ4v) is 0.134. The van der Waals surface area contributed by atoms with Crippen LogP contribution in [0.3, 0.4) is 0 Å². The molecule has 0 aliphatic heterocycles. The van der Waals surface area contributed by atoms with Crippen LogP contribution >= 0.6 is 0 Å². The van der Waals surface area contributed by atoms with Crippen molar-refractivity contribution >= 4 is 0 Å². The highest BCUT2D eigenvalue weighted by atomic mass is 19.2. The highest BCUT2D eigenvalue weighted by Gasteiger charge is 2.40. The first kappa shape index (κ1) is 8.25. The molecule has 0 aliphatic rings. The van der Waals surface area contributed by atoms with Gasteiger partial charge in [0, 0.05) is 11.8 Å². The van der Waals surface area contributed by atoms with E-state index >= 15 is 0 Å². The van der Waals surface area contributed by atoms with Crippen molar-refractivity contribution in [1.82, 2.24) is 0 Å². The minimum absolute atomic E-state index is 0.750. The van der Waals surface area contributed by atoms with E-state index in [9.17, 15) is 14.5 Å². The first-order chi connectivity index (χ1) is 3.85. The van der Waals surface area contributed by atoms with E-state index in [2.05, 4.69) is 0 Å². The number of rotatable bonds is 2. The standard InChI is InChI=1S/C3H6FNO4/c1-2(5(8)9)3(4,6)7/h2,6-7H,1H3. The van der Waals surface area contributed by atoms with Gasteiger partial charge in [-0.1, -0.05) is 0 Å². The van der Waals surface area contributed by atoms with E-state index in [0.717, 1.165) is 6.92 Å². The molecule has 0 heterocycles. The average molecular weight is 139 g/mol. The zero-order valence-corrected chi connectivity index (χ0v) is 4.61. The number of nitro groups is 1. The molecule has 9 heavy (non-hydrogen) atoms. The fraction of sp³-hybridized carbons (Fsp3) is 1.00. The third-order valence-electron chi connectivity index (χ3n) is 0.848. The maximum atomic E-state index is 11.7. The lowest BCUT2D eigenvalue weighted by Gasteiger charge is -2.11. The highest BCUT2D eigenvalue weighted by Crippen LogP contribution is 2.09. The molecule has 0 saturated heterocycles. The topological polar surface area (TPSA) is 83.6 Å². The molecule has 0 saturated carbocycles. The van der Waals surface area contributed by atoms with Crippen LogP contribution in [0.5, 0.6) is 0 Å². The molecule has 54 valence electrons. The molecule has 5 nitrogen and oxygen atoms in total. The fourth-order valence-electron chi connectivity index (χ4n) is 0.134. The van der Waals surface area contributed by atoms with Crippen molar-refractivity contribution in [3.63, 3.8) is 0 Å². The third kappa shape index (κ3) is 2.34. The molecule has 2 N–H and O–H groups in total. The Kier molecular flexibility index (Phi) is 2.05. The lowest BCUT2D eigenvalue weighted by Crippen LogP contribution is -2.40. The molecule has 0 bridgehead atoms. The van der Waals surface area contributed by atoms with E-state index in [-0.39, 0.29) is 0 Å². The maximum absolute atomic E-state index is 11.7. The molecule has 1 atom stereocenters. The van der Waals surface area contributed by atoms with Gasteiger partial charge in [0.2, 0.25) is 0 Å². The van der Waals surface area contributed by atoms with Crippen LogP contribution in [0.1, 0.15) is 6.92 Å². The van der Waals surface area contributed by atoms with Crippen molar-refractivity contribution in [3.05, 3.63) is 10.1 Å². The number of aliphatic hydroxyl groups is 2. The third-order valence-corrected chi connectivity index (χ3v) is 0.848. The molecule has 0 fully saturated rings. The Bertz CT molecular complexity index is 119. The predicted molar refractivity (Wildman–Crippen MR) is 24.7 cm³/mol. The van der Waals surface area contributed by atoms with Crippen LogP contribution in [-0.4, -0.2) is 27.2 Å². The molecular formula is C3H6FNO4. The van der Waals surface area contributed by atoms with Crippen molar-refractivity contribution in [2.24, 2.45) is 0 Å². The second kappa shape index (κ2) is 2.24. The van der Waals surface area contributed by atoms with Gasteiger partial charge in [0.1, 0.15) is 0 Å². The zero-order valence-electron chi connectivity index (χ0n) is 4.61. The van der Waals surface area contributed by atoms with Gasteiger partial charge in [0.15, 0.2) is 0 Å². The van der Waals surface area contributed by atoms with E-state index in [1.807, 2.05) is 0 Å². The molecule has 6 heteroatoms. The van der Waals surface area contributed by atoms with Crippen LogP contribution in [0.2, 0.25) is 0 Å². The van der Waals surface area contributed by atoms with Crippen LogP contribution in [-0.2, 0) is 0 Å². The Morgan fingerprint density at radius 3 is 2.11 bits per heavy atom. The molecule has 0 radical (unpaired) electrons. The summed E-state index contributed by atoms with van der Waals surface area (Å²) in [5, 5.41) is 25.4. The van der Waals surface area contributed by atoms with Crippen LogP contribution in [0.15, 0.2) is 0 Å². The van der Waals surface area contributed by atoms with Gasteiger partial charge in [-0.05, 0) is 0 Å². The van der Waals surface area contributed by atoms with E-state index in [4.69, 9.17) is 10.2 Å².